The van der Waals surface area contributed by atoms with Gasteiger partial charge < -0.3 is 14.9 Å². The molecular weight excluding hydrogens is 534 g/mol. The fourth-order valence-electron chi connectivity index (χ4n) is 6.85. The van der Waals surface area contributed by atoms with Crippen molar-refractivity contribution in [3.05, 3.63) is 83.4 Å². The number of carboxylic acid groups (broad SMARTS) is 1. The summed E-state index contributed by atoms with van der Waals surface area (Å²) in [5.41, 5.74) is 3.85. The molecule has 3 aliphatic rings. The lowest BCUT2D eigenvalue weighted by Gasteiger charge is -2.26. The summed E-state index contributed by atoms with van der Waals surface area (Å²) in [5, 5.41) is 13.9. The van der Waals surface area contributed by atoms with Gasteiger partial charge in [-0.3, -0.25) is 14.5 Å². The van der Waals surface area contributed by atoms with E-state index in [4.69, 9.17) is 0 Å². The summed E-state index contributed by atoms with van der Waals surface area (Å²) >= 11 is 0. The van der Waals surface area contributed by atoms with Gasteiger partial charge in [-0.25, -0.2) is 19.3 Å². The SMILES string of the molecule is Cc1cc(N2CC[C@](C)(c3ccccc3)C2)cn2nc(C(=O)N3CCC4C3CC(=O)N4c3cccc(C(=O)O)n3)nc12. The number of hydrogen-bond donors (Lipinski definition) is 1. The van der Waals surface area contributed by atoms with Crippen LogP contribution in [0.15, 0.2) is 60.8 Å². The van der Waals surface area contributed by atoms with E-state index in [1.165, 1.54) is 16.5 Å². The Morgan fingerprint density at radius 3 is 2.62 bits per heavy atom. The van der Waals surface area contributed by atoms with E-state index in [0.717, 1.165) is 30.8 Å². The number of anilines is 2. The minimum absolute atomic E-state index is 0.0526. The van der Waals surface area contributed by atoms with E-state index in [-0.39, 0.29) is 47.3 Å². The highest BCUT2D eigenvalue weighted by atomic mass is 16.4. The Labute approximate surface area is 242 Å². The third-order valence-corrected chi connectivity index (χ3v) is 9.06. The highest BCUT2D eigenvalue weighted by Crippen LogP contribution is 2.38. The lowest BCUT2D eigenvalue weighted by molar-refractivity contribution is -0.117. The van der Waals surface area contributed by atoms with Gasteiger partial charge in [-0.2, -0.15) is 0 Å². The van der Waals surface area contributed by atoms with Gasteiger partial charge in [0.1, 0.15) is 5.82 Å². The van der Waals surface area contributed by atoms with Crippen molar-refractivity contribution in [2.75, 3.05) is 29.4 Å². The van der Waals surface area contributed by atoms with Gasteiger partial charge in [0.05, 0.1) is 24.0 Å². The molecule has 42 heavy (non-hydrogen) atoms. The molecule has 11 nitrogen and oxygen atoms in total. The van der Waals surface area contributed by atoms with Crippen LogP contribution in [0.3, 0.4) is 0 Å². The molecule has 3 aromatic heterocycles. The zero-order valence-corrected chi connectivity index (χ0v) is 23.5. The maximum absolute atomic E-state index is 13.7. The largest absolute Gasteiger partial charge is 0.477 e. The van der Waals surface area contributed by atoms with Gasteiger partial charge in [0.2, 0.25) is 11.7 Å². The highest BCUT2D eigenvalue weighted by Gasteiger charge is 2.50. The summed E-state index contributed by atoms with van der Waals surface area (Å²) in [5.74, 6) is -1.26. The van der Waals surface area contributed by atoms with Gasteiger partial charge in [-0.15, -0.1) is 5.10 Å². The molecule has 3 aliphatic heterocycles. The van der Waals surface area contributed by atoms with E-state index in [2.05, 4.69) is 57.2 Å². The first-order chi connectivity index (χ1) is 20.2. The van der Waals surface area contributed by atoms with Crippen LogP contribution in [0, 0.1) is 6.92 Å². The molecule has 3 atom stereocenters. The van der Waals surface area contributed by atoms with Crippen molar-refractivity contribution in [1.29, 1.82) is 0 Å². The number of aryl methyl sites for hydroxylation is 1. The summed E-state index contributed by atoms with van der Waals surface area (Å²) in [4.78, 5) is 52.5. The molecule has 0 radical (unpaired) electrons. The van der Waals surface area contributed by atoms with E-state index < -0.39 is 5.97 Å². The Morgan fingerprint density at radius 1 is 1.02 bits per heavy atom. The van der Waals surface area contributed by atoms with Gasteiger partial charge in [-0.05, 0) is 49.1 Å². The van der Waals surface area contributed by atoms with Crippen LogP contribution in [0.4, 0.5) is 11.5 Å². The maximum Gasteiger partial charge on any atom is 0.354 e. The average molecular weight is 566 g/mol. The zero-order chi connectivity index (χ0) is 29.2. The van der Waals surface area contributed by atoms with Gasteiger partial charge in [0, 0.05) is 31.5 Å². The van der Waals surface area contributed by atoms with Crippen LogP contribution in [0.25, 0.3) is 5.65 Å². The number of pyridine rings is 2. The van der Waals surface area contributed by atoms with Crippen LogP contribution in [-0.4, -0.2) is 79.1 Å². The molecular formula is C31H31N7O4. The van der Waals surface area contributed by atoms with Crippen molar-refractivity contribution in [3.63, 3.8) is 0 Å². The molecule has 0 aliphatic carbocycles. The van der Waals surface area contributed by atoms with Gasteiger partial charge >= 0.3 is 5.97 Å². The fourth-order valence-corrected chi connectivity index (χ4v) is 6.85. The Hall–Kier alpha value is -4.80. The van der Waals surface area contributed by atoms with Crippen molar-refractivity contribution < 1.29 is 19.5 Å². The predicted molar refractivity (Wildman–Crippen MR) is 155 cm³/mol. The van der Waals surface area contributed by atoms with Crippen LogP contribution >= 0.6 is 0 Å². The molecule has 2 amide bonds. The molecule has 3 fully saturated rings. The van der Waals surface area contributed by atoms with Gasteiger partial charge in [0.25, 0.3) is 5.91 Å². The summed E-state index contributed by atoms with van der Waals surface area (Å²) in [6.07, 6.45) is 3.68. The predicted octanol–water partition coefficient (Wildman–Crippen LogP) is 3.32. The normalized spacial score (nSPS) is 23.7. The zero-order valence-electron chi connectivity index (χ0n) is 23.5. The lowest BCUT2D eigenvalue weighted by Crippen LogP contribution is -2.40. The quantitative estimate of drug-likeness (QED) is 0.391. The monoisotopic (exact) mass is 565 g/mol. The molecule has 4 aromatic rings. The standard InChI is InChI=1S/C31H31N7O4/c1-19-15-21(35-14-12-31(2,18-35)20-7-4-3-5-8-20)17-37-28(19)33-27(34-37)29(40)36-13-11-23-24(36)16-26(39)38(23)25-10-6-9-22(32-25)30(41)42/h3-10,15,17,23-24H,11-14,16,18H2,1-2H3,(H,41,42)/t23?,24?,31-/m0/s1. The van der Waals surface area contributed by atoms with Crippen LogP contribution in [-0.2, 0) is 10.2 Å². The van der Waals surface area contributed by atoms with E-state index in [1.54, 1.807) is 21.5 Å². The summed E-state index contributed by atoms with van der Waals surface area (Å²) < 4.78 is 1.69. The number of carbonyl (C=O) groups excluding carboxylic acids is 2. The topological polar surface area (TPSA) is 124 Å². The molecule has 0 saturated carbocycles. The first-order valence-corrected chi connectivity index (χ1v) is 14.2. The number of amides is 2. The number of fused-ring (bicyclic) bond motifs is 2. The number of aromatic carboxylic acids is 1. The number of nitrogens with zero attached hydrogens (tertiary/aromatic N) is 7. The van der Waals surface area contributed by atoms with E-state index in [1.807, 2.05) is 19.2 Å². The third kappa shape index (κ3) is 4.18. The summed E-state index contributed by atoms with van der Waals surface area (Å²) in [6.45, 7) is 6.53. The van der Waals surface area contributed by atoms with Gasteiger partial charge in [0.15, 0.2) is 11.3 Å². The number of carbonyl (C=O) groups is 3. The van der Waals surface area contributed by atoms with Crippen LogP contribution in [0.2, 0.25) is 0 Å². The van der Waals surface area contributed by atoms with Crippen LogP contribution < -0.4 is 9.80 Å². The summed E-state index contributed by atoms with van der Waals surface area (Å²) in [6, 6.07) is 16.7. The number of aromatic nitrogens is 4. The minimum atomic E-state index is -1.16. The molecule has 7 rings (SSSR count). The maximum atomic E-state index is 13.7. The molecule has 6 heterocycles. The number of benzene rings is 1. The second-order valence-corrected chi connectivity index (χ2v) is 11.8. The molecule has 11 heteroatoms. The van der Waals surface area contributed by atoms with Crippen LogP contribution in [0.5, 0.6) is 0 Å². The molecule has 1 aromatic carbocycles. The molecule has 1 N–H and O–H groups in total. The van der Waals surface area contributed by atoms with Crippen molar-refractivity contribution in [3.8, 4) is 0 Å². The molecule has 0 spiro atoms. The lowest BCUT2D eigenvalue weighted by atomic mass is 9.82. The average Bonchev–Trinajstić information content (AvgIpc) is 3.76. The van der Waals surface area contributed by atoms with E-state index in [9.17, 15) is 19.5 Å². The van der Waals surface area contributed by atoms with Crippen molar-refractivity contribution >= 4 is 34.9 Å². The van der Waals surface area contributed by atoms with Crippen molar-refractivity contribution in [2.24, 2.45) is 0 Å². The number of rotatable bonds is 5. The Kier molecular flexibility index (Phi) is 6.00. The van der Waals surface area contributed by atoms with Crippen LogP contribution in [0.1, 0.15) is 58.4 Å². The molecule has 3 saturated heterocycles. The second kappa shape index (κ2) is 9.64. The van der Waals surface area contributed by atoms with Crippen molar-refractivity contribution in [1.82, 2.24) is 24.5 Å². The third-order valence-electron chi connectivity index (χ3n) is 9.06. The number of carboxylic acids is 1. The summed E-state index contributed by atoms with van der Waals surface area (Å²) in [7, 11) is 0. The first kappa shape index (κ1) is 26.1. The van der Waals surface area contributed by atoms with E-state index >= 15 is 0 Å². The highest BCUT2D eigenvalue weighted by molar-refractivity contribution is 5.99. The molecule has 2 unspecified atom stereocenters. The molecule has 0 bridgehead atoms. The van der Waals surface area contributed by atoms with Gasteiger partial charge in [-0.1, -0.05) is 43.3 Å². The fraction of sp³-hybridized carbons (Fsp3) is 0.355. The smallest absolute Gasteiger partial charge is 0.354 e. The van der Waals surface area contributed by atoms with E-state index in [0.29, 0.717) is 24.4 Å². The number of hydrogen-bond acceptors (Lipinski definition) is 7. The molecule has 214 valence electrons. The Morgan fingerprint density at radius 2 is 1.83 bits per heavy atom. The first-order valence-electron chi connectivity index (χ1n) is 14.2. The van der Waals surface area contributed by atoms with Crippen molar-refractivity contribution in [2.45, 2.75) is 50.6 Å². The minimum Gasteiger partial charge on any atom is -0.477 e. The Balaban J connectivity index is 1.12. The second-order valence-electron chi connectivity index (χ2n) is 11.8. The Bertz CT molecular complexity index is 1740. The number of likely N-dealkylation sites (tertiary alicyclic amines) is 1.